The number of morpholine rings is 1. The number of nitrogens with zero attached hydrogens (tertiary/aromatic N) is 2. The zero-order valence-electron chi connectivity index (χ0n) is 18.6. The van der Waals surface area contributed by atoms with Crippen LogP contribution in [0.5, 0.6) is 0 Å². The molecule has 1 aromatic heterocycles. The van der Waals surface area contributed by atoms with Gasteiger partial charge in [0.25, 0.3) is 5.91 Å². The molecule has 0 radical (unpaired) electrons. The Kier molecular flexibility index (Phi) is 7.17. The SMILES string of the molecule is Cc1cc(C)cc(C(=O)NCCn2cc(SCC(=O)N3CCOCC3)c3ccccc32)c1. The van der Waals surface area contributed by atoms with Crippen molar-refractivity contribution in [3.8, 4) is 0 Å². The highest BCUT2D eigenvalue weighted by Crippen LogP contribution is 2.30. The second-order valence-corrected chi connectivity index (χ2v) is 9.14. The zero-order chi connectivity index (χ0) is 22.5. The topological polar surface area (TPSA) is 63.6 Å². The first-order chi connectivity index (χ1) is 15.5. The largest absolute Gasteiger partial charge is 0.378 e. The summed E-state index contributed by atoms with van der Waals surface area (Å²) in [5.74, 6) is 0.507. The number of amides is 2. The highest BCUT2D eigenvalue weighted by Gasteiger charge is 2.18. The quantitative estimate of drug-likeness (QED) is 0.557. The minimum absolute atomic E-state index is 0.0565. The number of hydrogen-bond donors (Lipinski definition) is 1. The van der Waals surface area contributed by atoms with Gasteiger partial charge in [-0.3, -0.25) is 9.59 Å². The summed E-state index contributed by atoms with van der Waals surface area (Å²) in [6, 6.07) is 14.1. The van der Waals surface area contributed by atoms with Gasteiger partial charge in [-0.15, -0.1) is 11.8 Å². The van der Waals surface area contributed by atoms with Crippen LogP contribution in [0.3, 0.4) is 0 Å². The standard InChI is InChI=1S/C25H29N3O3S/c1-18-13-19(2)15-20(14-18)25(30)26-7-8-28-16-23(21-5-3-4-6-22(21)28)32-17-24(29)27-9-11-31-12-10-27/h3-6,13-16H,7-12,17H2,1-2H3,(H,26,30). The molecule has 1 aliphatic rings. The van der Waals surface area contributed by atoms with Crippen LogP contribution in [-0.4, -0.2) is 59.9 Å². The van der Waals surface area contributed by atoms with Gasteiger partial charge in [0.05, 0.1) is 19.0 Å². The Morgan fingerprint density at radius 3 is 2.53 bits per heavy atom. The lowest BCUT2D eigenvalue weighted by atomic mass is 10.1. The van der Waals surface area contributed by atoms with Gasteiger partial charge in [0.15, 0.2) is 0 Å². The molecule has 0 aliphatic carbocycles. The molecule has 2 amide bonds. The van der Waals surface area contributed by atoms with Gasteiger partial charge in [-0.05, 0) is 32.0 Å². The number of ether oxygens (including phenoxy) is 1. The summed E-state index contributed by atoms with van der Waals surface area (Å²) >= 11 is 1.57. The molecule has 1 fully saturated rings. The smallest absolute Gasteiger partial charge is 0.251 e. The van der Waals surface area contributed by atoms with E-state index in [0.29, 0.717) is 50.7 Å². The lowest BCUT2D eigenvalue weighted by Crippen LogP contribution is -2.41. The average Bonchev–Trinajstić information content (AvgIpc) is 3.15. The maximum Gasteiger partial charge on any atom is 0.251 e. The molecule has 168 valence electrons. The number of nitrogens with one attached hydrogen (secondary N) is 1. The highest BCUT2D eigenvalue weighted by molar-refractivity contribution is 8.00. The summed E-state index contributed by atoms with van der Waals surface area (Å²) in [5.41, 5.74) is 3.96. The van der Waals surface area contributed by atoms with Crippen LogP contribution in [0, 0.1) is 13.8 Å². The summed E-state index contributed by atoms with van der Waals surface area (Å²) in [6.07, 6.45) is 2.09. The Morgan fingerprint density at radius 2 is 1.78 bits per heavy atom. The fourth-order valence-corrected chi connectivity index (χ4v) is 5.05. The molecule has 2 aromatic carbocycles. The summed E-state index contributed by atoms with van der Waals surface area (Å²) in [7, 11) is 0. The molecule has 1 N–H and O–H groups in total. The first-order valence-corrected chi connectivity index (χ1v) is 11.9. The van der Waals surface area contributed by atoms with Crippen molar-refractivity contribution >= 4 is 34.5 Å². The molecule has 0 unspecified atom stereocenters. The van der Waals surface area contributed by atoms with E-state index in [2.05, 4.69) is 34.3 Å². The minimum atomic E-state index is -0.0565. The molecular weight excluding hydrogens is 422 g/mol. The maximum absolute atomic E-state index is 12.6. The number of fused-ring (bicyclic) bond motifs is 1. The second kappa shape index (κ2) is 10.2. The summed E-state index contributed by atoms with van der Waals surface area (Å²) in [4.78, 5) is 28.1. The molecule has 1 saturated heterocycles. The number of aromatic nitrogens is 1. The van der Waals surface area contributed by atoms with E-state index < -0.39 is 0 Å². The number of aryl methyl sites for hydroxylation is 2. The zero-order valence-corrected chi connectivity index (χ0v) is 19.4. The number of carbonyl (C=O) groups excluding carboxylic acids is 2. The number of rotatable bonds is 7. The molecule has 7 heteroatoms. The normalized spacial score (nSPS) is 14.0. The van der Waals surface area contributed by atoms with Crippen LogP contribution in [0.2, 0.25) is 0 Å². The van der Waals surface area contributed by atoms with Crippen molar-refractivity contribution in [2.75, 3.05) is 38.6 Å². The molecule has 6 nitrogen and oxygen atoms in total. The number of hydrogen-bond acceptors (Lipinski definition) is 4. The second-order valence-electron chi connectivity index (χ2n) is 8.12. The fraction of sp³-hybridized carbons (Fsp3) is 0.360. The maximum atomic E-state index is 12.6. The molecule has 0 bridgehead atoms. The molecule has 4 rings (SSSR count). The van der Waals surface area contributed by atoms with Crippen LogP contribution >= 0.6 is 11.8 Å². The third-order valence-electron chi connectivity index (χ3n) is 5.59. The first-order valence-electron chi connectivity index (χ1n) is 10.9. The fourth-order valence-electron chi connectivity index (χ4n) is 4.05. The first kappa shape index (κ1) is 22.4. The Hall–Kier alpha value is -2.77. The summed E-state index contributed by atoms with van der Waals surface area (Å²) < 4.78 is 7.49. The van der Waals surface area contributed by atoms with Gasteiger partial charge in [0.2, 0.25) is 5.91 Å². The van der Waals surface area contributed by atoms with Crippen molar-refractivity contribution in [1.29, 1.82) is 0 Å². The van der Waals surface area contributed by atoms with Crippen molar-refractivity contribution in [1.82, 2.24) is 14.8 Å². The van der Waals surface area contributed by atoms with E-state index in [0.717, 1.165) is 26.9 Å². The average molecular weight is 452 g/mol. The Balaban J connectivity index is 1.39. The Morgan fingerprint density at radius 1 is 1.06 bits per heavy atom. The molecule has 0 spiro atoms. The molecule has 3 aromatic rings. The van der Waals surface area contributed by atoms with Crippen LogP contribution in [0.4, 0.5) is 0 Å². The van der Waals surface area contributed by atoms with E-state index in [1.54, 1.807) is 11.8 Å². The van der Waals surface area contributed by atoms with Crippen molar-refractivity contribution < 1.29 is 14.3 Å². The van der Waals surface area contributed by atoms with Gasteiger partial charge in [0.1, 0.15) is 0 Å². The van der Waals surface area contributed by atoms with Crippen LogP contribution < -0.4 is 5.32 Å². The van der Waals surface area contributed by atoms with Gasteiger partial charge in [0, 0.05) is 53.7 Å². The van der Waals surface area contributed by atoms with E-state index in [4.69, 9.17) is 4.74 Å². The van der Waals surface area contributed by atoms with Gasteiger partial charge >= 0.3 is 0 Å². The van der Waals surface area contributed by atoms with Crippen molar-refractivity contribution in [2.24, 2.45) is 0 Å². The number of benzene rings is 2. The minimum Gasteiger partial charge on any atom is -0.378 e. The Bertz CT molecular complexity index is 1100. The van der Waals surface area contributed by atoms with E-state index in [-0.39, 0.29) is 11.8 Å². The third-order valence-corrected chi connectivity index (χ3v) is 6.62. The van der Waals surface area contributed by atoms with E-state index in [1.807, 2.05) is 43.0 Å². The van der Waals surface area contributed by atoms with Crippen LogP contribution in [0.1, 0.15) is 21.5 Å². The summed E-state index contributed by atoms with van der Waals surface area (Å²) in [6.45, 7) is 7.75. The number of thioether (sulfide) groups is 1. The third kappa shape index (κ3) is 5.34. The number of para-hydroxylation sites is 1. The monoisotopic (exact) mass is 451 g/mol. The van der Waals surface area contributed by atoms with Gasteiger partial charge in [-0.1, -0.05) is 35.4 Å². The molecule has 1 aliphatic heterocycles. The predicted molar refractivity (Wildman–Crippen MR) is 128 cm³/mol. The molecule has 2 heterocycles. The predicted octanol–water partition coefficient (Wildman–Crippen LogP) is 3.64. The van der Waals surface area contributed by atoms with Crippen LogP contribution in [0.25, 0.3) is 10.9 Å². The van der Waals surface area contributed by atoms with Crippen LogP contribution in [0.15, 0.2) is 53.6 Å². The van der Waals surface area contributed by atoms with E-state index in [1.165, 1.54) is 0 Å². The van der Waals surface area contributed by atoms with E-state index in [9.17, 15) is 9.59 Å². The lowest BCUT2D eigenvalue weighted by molar-refractivity contribution is -0.132. The number of carbonyl (C=O) groups is 2. The van der Waals surface area contributed by atoms with Crippen molar-refractivity contribution in [3.63, 3.8) is 0 Å². The van der Waals surface area contributed by atoms with Crippen molar-refractivity contribution in [3.05, 3.63) is 65.4 Å². The highest BCUT2D eigenvalue weighted by atomic mass is 32.2. The molecule has 32 heavy (non-hydrogen) atoms. The van der Waals surface area contributed by atoms with Crippen molar-refractivity contribution in [2.45, 2.75) is 25.3 Å². The molecular formula is C25H29N3O3S. The summed E-state index contributed by atoms with van der Waals surface area (Å²) in [5, 5.41) is 4.16. The molecule has 0 saturated carbocycles. The van der Waals surface area contributed by atoms with Gasteiger partial charge < -0.3 is 19.5 Å². The molecule has 0 atom stereocenters. The van der Waals surface area contributed by atoms with Gasteiger partial charge in [-0.25, -0.2) is 0 Å². The Labute approximate surface area is 192 Å². The van der Waals surface area contributed by atoms with Crippen LogP contribution in [-0.2, 0) is 16.1 Å². The van der Waals surface area contributed by atoms with E-state index >= 15 is 0 Å². The van der Waals surface area contributed by atoms with Gasteiger partial charge in [-0.2, -0.15) is 0 Å². The lowest BCUT2D eigenvalue weighted by Gasteiger charge is -2.26.